The number of carbonyl (C=O) groups excluding carboxylic acids is 1. The molecule has 0 atom stereocenters. The minimum atomic E-state index is -0.872. The van der Waals surface area contributed by atoms with E-state index in [-0.39, 0.29) is 6.54 Å². The molecule has 112 valence electrons. The Hall–Kier alpha value is -2.47. The molecule has 2 aromatic heterocycles. The fourth-order valence-electron chi connectivity index (χ4n) is 2.02. The van der Waals surface area contributed by atoms with Crippen molar-refractivity contribution in [3.8, 4) is 11.1 Å². The first kappa shape index (κ1) is 14.5. The van der Waals surface area contributed by atoms with E-state index < -0.39 is 23.1 Å². The van der Waals surface area contributed by atoms with E-state index >= 15 is 0 Å². The molecule has 0 aliphatic rings. The van der Waals surface area contributed by atoms with Gasteiger partial charge in [-0.1, -0.05) is 6.07 Å². The maximum absolute atomic E-state index is 13.5. The molecular formula is C16H11F2NO2S. The maximum Gasteiger partial charge on any atom is 0.257 e. The molecular weight excluding hydrogens is 308 g/mol. The predicted octanol–water partition coefficient (Wildman–Crippen LogP) is 4.22. The van der Waals surface area contributed by atoms with Crippen LogP contribution in [-0.2, 0) is 6.54 Å². The first-order valence-corrected chi connectivity index (χ1v) is 7.35. The highest BCUT2D eigenvalue weighted by Gasteiger charge is 2.16. The lowest BCUT2D eigenvalue weighted by molar-refractivity contribution is 0.0943. The van der Waals surface area contributed by atoms with Crippen molar-refractivity contribution in [3.05, 3.63) is 70.3 Å². The molecule has 3 rings (SSSR count). The number of hydrogen-bond acceptors (Lipinski definition) is 3. The summed E-state index contributed by atoms with van der Waals surface area (Å²) in [5.41, 5.74) is 1.35. The van der Waals surface area contributed by atoms with Gasteiger partial charge in [0, 0.05) is 10.4 Å². The quantitative estimate of drug-likeness (QED) is 0.782. The van der Waals surface area contributed by atoms with Gasteiger partial charge in [0.15, 0.2) is 0 Å². The van der Waals surface area contributed by atoms with E-state index in [1.54, 1.807) is 12.5 Å². The largest absolute Gasteiger partial charge is 0.472 e. The summed E-state index contributed by atoms with van der Waals surface area (Å²) in [6, 6.07) is 7.06. The molecule has 3 aromatic rings. The van der Waals surface area contributed by atoms with Crippen LogP contribution in [0.1, 0.15) is 15.2 Å². The van der Waals surface area contributed by atoms with Crippen LogP contribution in [-0.4, -0.2) is 5.91 Å². The number of furan rings is 1. The predicted molar refractivity (Wildman–Crippen MR) is 79.5 cm³/mol. The summed E-state index contributed by atoms with van der Waals surface area (Å²) < 4.78 is 32.0. The number of benzene rings is 1. The van der Waals surface area contributed by atoms with E-state index in [1.165, 1.54) is 17.4 Å². The van der Waals surface area contributed by atoms with Crippen LogP contribution in [0, 0.1) is 11.6 Å². The van der Waals surface area contributed by atoms with Crippen LogP contribution in [0.2, 0.25) is 0 Å². The molecule has 1 aromatic carbocycles. The Morgan fingerprint density at radius 1 is 1.18 bits per heavy atom. The zero-order chi connectivity index (χ0) is 15.5. The SMILES string of the molecule is O=C(NCc1cc(-c2ccoc2)cs1)c1c(F)cccc1F. The number of amides is 1. The smallest absolute Gasteiger partial charge is 0.257 e. The molecule has 2 heterocycles. The molecule has 0 radical (unpaired) electrons. The first-order chi connectivity index (χ1) is 10.6. The topological polar surface area (TPSA) is 42.2 Å². The van der Waals surface area contributed by atoms with E-state index in [1.807, 2.05) is 17.5 Å². The average molecular weight is 319 g/mol. The normalized spacial score (nSPS) is 10.6. The van der Waals surface area contributed by atoms with Crippen molar-refractivity contribution < 1.29 is 18.0 Å². The van der Waals surface area contributed by atoms with E-state index in [4.69, 9.17) is 4.42 Å². The van der Waals surface area contributed by atoms with Crippen LogP contribution in [0.3, 0.4) is 0 Å². The van der Waals surface area contributed by atoms with Gasteiger partial charge in [0.05, 0.1) is 19.1 Å². The number of rotatable bonds is 4. The Morgan fingerprint density at radius 3 is 2.64 bits per heavy atom. The molecule has 0 spiro atoms. The average Bonchev–Trinajstić information content (AvgIpc) is 3.16. The summed E-state index contributed by atoms with van der Waals surface area (Å²) in [6.07, 6.45) is 3.20. The van der Waals surface area contributed by atoms with Crippen molar-refractivity contribution in [2.24, 2.45) is 0 Å². The van der Waals surface area contributed by atoms with E-state index in [0.29, 0.717) is 0 Å². The van der Waals surface area contributed by atoms with Crippen LogP contribution in [0.5, 0.6) is 0 Å². The summed E-state index contributed by atoms with van der Waals surface area (Å²) >= 11 is 1.45. The fourth-order valence-corrected chi connectivity index (χ4v) is 2.86. The van der Waals surface area contributed by atoms with Crippen LogP contribution >= 0.6 is 11.3 Å². The Morgan fingerprint density at radius 2 is 1.95 bits per heavy atom. The highest BCUT2D eigenvalue weighted by Crippen LogP contribution is 2.26. The van der Waals surface area contributed by atoms with Crippen LogP contribution in [0.25, 0.3) is 11.1 Å². The molecule has 1 amide bonds. The van der Waals surface area contributed by atoms with E-state index in [2.05, 4.69) is 5.32 Å². The highest BCUT2D eigenvalue weighted by molar-refractivity contribution is 7.10. The Labute approximate surface area is 129 Å². The van der Waals surface area contributed by atoms with Gasteiger partial charge in [0.1, 0.15) is 17.2 Å². The number of thiophene rings is 1. The first-order valence-electron chi connectivity index (χ1n) is 6.47. The minimum absolute atomic E-state index is 0.203. The van der Waals surface area contributed by atoms with Gasteiger partial charge in [-0.25, -0.2) is 8.78 Å². The van der Waals surface area contributed by atoms with Crippen LogP contribution < -0.4 is 5.32 Å². The number of carbonyl (C=O) groups is 1. The minimum Gasteiger partial charge on any atom is -0.472 e. The molecule has 0 aliphatic carbocycles. The summed E-state index contributed by atoms with van der Waals surface area (Å²) in [5.74, 6) is -2.51. The molecule has 1 N–H and O–H groups in total. The fraction of sp³-hybridized carbons (Fsp3) is 0.0625. The van der Waals surface area contributed by atoms with Gasteiger partial charge < -0.3 is 9.73 Å². The lowest BCUT2D eigenvalue weighted by Crippen LogP contribution is -2.24. The molecule has 22 heavy (non-hydrogen) atoms. The lowest BCUT2D eigenvalue weighted by Gasteiger charge is -2.05. The number of nitrogens with one attached hydrogen (secondary N) is 1. The molecule has 0 saturated carbocycles. The van der Waals surface area contributed by atoms with E-state index in [9.17, 15) is 13.6 Å². The van der Waals surface area contributed by atoms with Crippen molar-refractivity contribution in [2.45, 2.75) is 6.54 Å². The van der Waals surface area contributed by atoms with Gasteiger partial charge in [-0.2, -0.15) is 0 Å². The van der Waals surface area contributed by atoms with Crippen molar-refractivity contribution in [1.82, 2.24) is 5.32 Å². The van der Waals surface area contributed by atoms with Gasteiger partial charge in [-0.05, 0) is 35.2 Å². The van der Waals surface area contributed by atoms with E-state index in [0.717, 1.165) is 28.1 Å². The molecule has 3 nitrogen and oxygen atoms in total. The second kappa shape index (κ2) is 6.11. The second-order valence-electron chi connectivity index (χ2n) is 4.59. The van der Waals surface area contributed by atoms with Crippen molar-refractivity contribution in [2.75, 3.05) is 0 Å². The zero-order valence-electron chi connectivity index (χ0n) is 11.3. The van der Waals surface area contributed by atoms with Gasteiger partial charge >= 0.3 is 0 Å². The summed E-state index contributed by atoms with van der Waals surface area (Å²) in [6.45, 7) is 0.203. The summed E-state index contributed by atoms with van der Waals surface area (Å²) in [7, 11) is 0. The molecule has 0 fully saturated rings. The van der Waals surface area contributed by atoms with Crippen molar-refractivity contribution >= 4 is 17.2 Å². The van der Waals surface area contributed by atoms with Crippen LogP contribution in [0.15, 0.2) is 52.7 Å². The van der Waals surface area contributed by atoms with Gasteiger partial charge in [-0.3, -0.25) is 4.79 Å². The molecule has 0 aliphatic heterocycles. The maximum atomic E-state index is 13.5. The third-order valence-corrected chi connectivity index (χ3v) is 4.06. The third-order valence-electron chi connectivity index (χ3n) is 3.12. The zero-order valence-corrected chi connectivity index (χ0v) is 12.1. The summed E-state index contributed by atoms with van der Waals surface area (Å²) in [4.78, 5) is 12.8. The number of hydrogen-bond donors (Lipinski definition) is 1. The standard InChI is InChI=1S/C16H11F2NO2S/c17-13-2-1-3-14(18)15(13)16(20)19-7-12-6-11(9-22-12)10-4-5-21-8-10/h1-6,8-9H,7H2,(H,19,20). The van der Waals surface area contributed by atoms with Crippen molar-refractivity contribution in [1.29, 1.82) is 0 Å². The third kappa shape index (κ3) is 2.92. The highest BCUT2D eigenvalue weighted by atomic mass is 32.1. The van der Waals surface area contributed by atoms with Gasteiger partial charge in [0.25, 0.3) is 5.91 Å². The van der Waals surface area contributed by atoms with Crippen LogP contribution in [0.4, 0.5) is 8.78 Å². The van der Waals surface area contributed by atoms with Crippen molar-refractivity contribution in [3.63, 3.8) is 0 Å². The second-order valence-corrected chi connectivity index (χ2v) is 5.59. The lowest BCUT2D eigenvalue weighted by atomic mass is 10.1. The molecule has 0 bridgehead atoms. The Kier molecular flexibility index (Phi) is 4.02. The molecule has 0 unspecified atom stereocenters. The molecule has 6 heteroatoms. The Bertz CT molecular complexity index is 776. The summed E-state index contributed by atoms with van der Waals surface area (Å²) in [5, 5.41) is 4.45. The number of halogens is 2. The Balaban J connectivity index is 1.69. The molecule has 0 saturated heterocycles. The van der Waals surface area contributed by atoms with Gasteiger partial charge in [-0.15, -0.1) is 11.3 Å². The van der Waals surface area contributed by atoms with Gasteiger partial charge in [0.2, 0.25) is 0 Å². The monoisotopic (exact) mass is 319 g/mol.